The Morgan fingerprint density at radius 2 is 1.86 bits per heavy atom. The molecule has 0 saturated heterocycles. The van der Waals surface area contributed by atoms with Crippen LogP contribution in [0.4, 0.5) is 0 Å². The van der Waals surface area contributed by atoms with Crippen molar-refractivity contribution in [2.45, 2.75) is 26.9 Å². The molecule has 0 unspecified atom stereocenters. The molecule has 150 valence electrons. The van der Waals surface area contributed by atoms with Crippen molar-refractivity contribution in [1.82, 2.24) is 9.78 Å². The lowest BCUT2D eigenvalue weighted by atomic mass is 10.0. The van der Waals surface area contributed by atoms with Gasteiger partial charge in [0.2, 0.25) is 0 Å². The van der Waals surface area contributed by atoms with Crippen LogP contribution < -0.4 is 9.47 Å². The van der Waals surface area contributed by atoms with Crippen LogP contribution in [0.15, 0.2) is 54.9 Å². The van der Waals surface area contributed by atoms with Crippen molar-refractivity contribution in [3.8, 4) is 17.2 Å². The minimum absolute atomic E-state index is 0.0759. The van der Waals surface area contributed by atoms with Crippen molar-refractivity contribution in [2.75, 3.05) is 6.61 Å². The van der Waals surface area contributed by atoms with Crippen LogP contribution in [0.5, 0.6) is 11.5 Å². The van der Waals surface area contributed by atoms with Crippen molar-refractivity contribution in [2.24, 2.45) is 0 Å². The number of aliphatic carboxylic acids is 1. The van der Waals surface area contributed by atoms with Crippen LogP contribution in [0.2, 0.25) is 0 Å². The number of hydrogen-bond acceptors (Lipinski definition) is 5. The van der Waals surface area contributed by atoms with Gasteiger partial charge in [0.25, 0.3) is 0 Å². The molecule has 0 atom stereocenters. The van der Waals surface area contributed by atoms with E-state index in [0.717, 1.165) is 11.3 Å². The van der Waals surface area contributed by atoms with Crippen LogP contribution in [0.25, 0.3) is 5.69 Å². The zero-order valence-electron chi connectivity index (χ0n) is 16.5. The lowest BCUT2D eigenvalue weighted by Crippen LogP contribution is -2.13. The Morgan fingerprint density at radius 1 is 1.14 bits per heavy atom. The number of carboxylic acids is 1. The standard InChI is InChI=1S/C22H22N2O5/c1-14(2)29-18-8-9-20(28-13-21(25)26)19(10-18)22(27)16-11-23-24(12-16)17-6-4-15(3)5-7-17/h4-12,14H,13H2,1-3H3,(H,25,26). The highest BCUT2D eigenvalue weighted by Crippen LogP contribution is 2.27. The SMILES string of the molecule is Cc1ccc(-n2cc(C(=O)c3cc(OC(C)C)ccc3OCC(=O)O)cn2)cc1. The van der Waals surface area contributed by atoms with E-state index in [1.165, 1.54) is 12.3 Å². The van der Waals surface area contributed by atoms with Crippen molar-refractivity contribution >= 4 is 11.8 Å². The number of nitrogens with zero attached hydrogens (tertiary/aromatic N) is 2. The van der Waals surface area contributed by atoms with Gasteiger partial charge in [0, 0.05) is 6.20 Å². The summed E-state index contributed by atoms with van der Waals surface area (Å²) in [6.07, 6.45) is 3.02. The molecule has 0 aliphatic heterocycles. The largest absolute Gasteiger partial charge is 0.491 e. The Bertz CT molecular complexity index is 1020. The third-order valence-electron chi connectivity index (χ3n) is 4.06. The van der Waals surface area contributed by atoms with Crippen LogP contribution in [-0.2, 0) is 4.79 Å². The van der Waals surface area contributed by atoms with Crippen LogP contribution in [0.3, 0.4) is 0 Å². The molecular formula is C22H22N2O5. The summed E-state index contributed by atoms with van der Waals surface area (Å²) in [5.74, 6) is -0.787. The maximum absolute atomic E-state index is 13.1. The number of carbonyl (C=O) groups is 2. The van der Waals surface area contributed by atoms with E-state index < -0.39 is 12.6 Å². The summed E-state index contributed by atoms with van der Waals surface area (Å²) in [6.45, 7) is 5.20. The number of ketones is 1. The molecule has 0 amide bonds. The highest BCUT2D eigenvalue weighted by Gasteiger charge is 2.19. The first kappa shape index (κ1) is 20.1. The first-order valence-corrected chi connectivity index (χ1v) is 9.15. The Hall–Kier alpha value is -3.61. The van der Waals surface area contributed by atoms with E-state index in [4.69, 9.17) is 14.6 Å². The van der Waals surface area contributed by atoms with Gasteiger partial charge in [0.05, 0.1) is 29.1 Å². The van der Waals surface area contributed by atoms with E-state index >= 15 is 0 Å². The quantitative estimate of drug-likeness (QED) is 0.587. The second kappa shape index (κ2) is 8.60. The normalized spacial score (nSPS) is 10.8. The Morgan fingerprint density at radius 3 is 2.52 bits per heavy atom. The van der Waals surface area contributed by atoms with Crippen molar-refractivity contribution < 1.29 is 24.2 Å². The minimum atomic E-state index is -1.13. The number of carbonyl (C=O) groups excluding carboxylic acids is 1. The molecule has 1 heterocycles. The molecule has 0 spiro atoms. The van der Waals surface area contributed by atoms with Crippen molar-refractivity contribution in [1.29, 1.82) is 0 Å². The van der Waals surface area contributed by atoms with Gasteiger partial charge in [-0.1, -0.05) is 17.7 Å². The number of ether oxygens (including phenoxy) is 2. The maximum Gasteiger partial charge on any atom is 0.341 e. The second-order valence-corrected chi connectivity index (χ2v) is 6.85. The molecule has 0 aliphatic carbocycles. The zero-order chi connectivity index (χ0) is 21.0. The number of hydrogen-bond donors (Lipinski definition) is 1. The van der Waals surface area contributed by atoms with Crippen LogP contribution >= 0.6 is 0 Å². The van der Waals surface area contributed by atoms with Gasteiger partial charge < -0.3 is 14.6 Å². The van der Waals surface area contributed by atoms with E-state index in [1.54, 1.807) is 23.0 Å². The molecular weight excluding hydrogens is 372 g/mol. The molecule has 0 radical (unpaired) electrons. The summed E-state index contributed by atoms with van der Waals surface area (Å²) in [6, 6.07) is 12.5. The van der Waals surface area contributed by atoms with Gasteiger partial charge in [0.15, 0.2) is 12.4 Å². The van der Waals surface area contributed by atoms with Gasteiger partial charge in [-0.25, -0.2) is 9.48 Å². The summed E-state index contributed by atoms with van der Waals surface area (Å²) in [4.78, 5) is 24.0. The number of aryl methyl sites for hydroxylation is 1. The van der Waals surface area contributed by atoms with Crippen LogP contribution in [-0.4, -0.2) is 39.4 Å². The average Bonchev–Trinajstić information content (AvgIpc) is 3.16. The van der Waals surface area contributed by atoms with Gasteiger partial charge in [-0.2, -0.15) is 5.10 Å². The summed E-state index contributed by atoms with van der Waals surface area (Å²) >= 11 is 0. The number of carboxylic acid groups (broad SMARTS) is 1. The maximum atomic E-state index is 13.1. The summed E-state index contributed by atoms with van der Waals surface area (Å²) in [5, 5.41) is 13.2. The highest BCUT2D eigenvalue weighted by molar-refractivity contribution is 6.10. The molecule has 1 aromatic heterocycles. The predicted molar refractivity (Wildman–Crippen MR) is 107 cm³/mol. The lowest BCUT2D eigenvalue weighted by molar-refractivity contribution is -0.139. The molecule has 29 heavy (non-hydrogen) atoms. The molecule has 0 bridgehead atoms. The molecule has 3 aromatic rings. The minimum Gasteiger partial charge on any atom is -0.491 e. The number of rotatable bonds is 8. The second-order valence-electron chi connectivity index (χ2n) is 6.85. The average molecular weight is 394 g/mol. The Balaban J connectivity index is 1.93. The monoisotopic (exact) mass is 394 g/mol. The first-order chi connectivity index (χ1) is 13.8. The van der Waals surface area contributed by atoms with Crippen LogP contribution in [0, 0.1) is 6.92 Å². The molecule has 7 heteroatoms. The smallest absolute Gasteiger partial charge is 0.341 e. The van der Waals surface area contributed by atoms with E-state index in [2.05, 4.69) is 5.10 Å². The number of benzene rings is 2. The van der Waals surface area contributed by atoms with Gasteiger partial charge in [-0.15, -0.1) is 0 Å². The predicted octanol–water partition coefficient (Wildman–Crippen LogP) is 3.66. The Labute approximate surface area is 168 Å². The van der Waals surface area contributed by atoms with Crippen molar-refractivity contribution in [3.63, 3.8) is 0 Å². The fourth-order valence-electron chi connectivity index (χ4n) is 2.73. The number of aromatic nitrogens is 2. The van der Waals surface area contributed by atoms with Crippen molar-refractivity contribution in [3.05, 3.63) is 71.5 Å². The van der Waals surface area contributed by atoms with E-state index in [0.29, 0.717) is 11.3 Å². The Kier molecular flexibility index (Phi) is 5.97. The molecule has 0 aliphatic rings. The molecule has 1 N–H and O–H groups in total. The van der Waals surface area contributed by atoms with Gasteiger partial charge in [0.1, 0.15) is 11.5 Å². The molecule has 2 aromatic carbocycles. The fourth-order valence-corrected chi connectivity index (χ4v) is 2.73. The zero-order valence-corrected chi connectivity index (χ0v) is 16.5. The third-order valence-corrected chi connectivity index (χ3v) is 4.06. The van der Waals surface area contributed by atoms with E-state index in [9.17, 15) is 9.59 Å². The van der Waals surface area contributed by atoms with Gasteiger partial charge in [-0.3, -0.25) is 4.79 Å². The topological polar surface area (TPSA) is 90.7 Å². The summed E-state index contributed by atoms with van der Waals surface area (Å²) in [5.41, 5.74) is 2.52. The lowest BCUT2D eigenvalue weighted by Gasteiger charge is -2.13. The molecule has 0 saturated carbocycles. The van der Waals surface area contributed by atoms with E-state index in [1.807, 2.05) is 45.0 Å². The van der Waals surface area contributed by atoms with Crippen LogP contribution in [0.1, 0.15) is 35.3 Å². The highest BCUT2D eigenvalue weighted by atomic mass is 16.5. The summed E-state index contributed by atoms with van der Waals surface area (Å²) in [7, 11) is 0. The molecule has 0 fully saturated rings. The van der Waals surface area contributed by atoms with E-state index in [-0.39, 0.29) is 23.2 Å². The van der Waals surface area contributed by atoms with Gasteiger partial charge >= 0.3 is 5.97 Å². The van der Waals surface area contributed by atoms with Gasteiger partial charge in [-0.05, 0) is 51.1 Å². The fraction of sp³-hybridized carbons (Fsp3) is 0.227. The molecule has 3 rings (SSSR count). The third kappa shape index (κ3) is 5.01. The summed E-state index contributed by atoms with van der Waals surface area (Å²) < 4.78 is 12.6. The first-order valence-electron chi connectivity index (χ1n) is 9.15. The molecule has 7 nitrogen and oxygen atoms in total.